The molecule has 0 spiro atoms. The molecule has 2 aromatic rings. The van der Waals surface area contributed by atoms with E-state index >= 15 is 0 Å². The molecule has 2 fully saturated rings. The highest BCUT2D eigenvalue weighted by atomic mass is 19.2. The average molecular weight is 400 g/mol. The minimum absolute atomic E-state index is 0.0686. The second-order valence-electron chi connectivity index (χ2n) is 8.29. The molecule has 2 atom stereocenters. The van der Waals surface area contributed by atoms with Crippen LogP contribution in [0.5, 0.6) is 0 Å². The molecule has 2 heterocycles. The van der Waals surface area contributed by atoms with E-state index in [1.165, 1.54) is 11.8 Å². The van der Waals surface area contributed by atoms with Crippen molar-refractivity contribution in [2.75, 3.05) is 24.5 Å². The first-order valence-corrected chi connectivity index (χ1v) is 10.1. The van der Waals surface area contributed by atoms with E-state index in [1.807, 2.05) is 19.1 Å². The van der Waals surface area contributed by atoms with Crippen LogP contribution in [0, 0.1) is 17.6 Å². The minimum Gasteiger partial charge on any atom is -0.371 e. The van der Waals surface area contributed by atoms with Crippen molar-refractivity contribution < 1.29 is 13.6 Å². The van der Waals surface area contributed by atoms with Crippen LogP contribution in [0.3, 0.4) is 0 Å². The molecule has 2 N–H and O–H groups in total. The van der Waals surface area contributed by atoms with Gasteiger partial charge in [-0.3, -0.25) is 4.98 Å². The number of nitrogens with zero attached hydrogens (tertiary/aromatic N) is 2. The average Bonchev–Trinajstić information content (AvgIpc) is 3.39. The third kappa shape index (κ3) is 4.33. The Labute approximate surface area is 169 Å². The zero-order valence-electron chi connectivity index (χ0n) is 16.5. The molecule has 2 unspecified atom stereocenters. The van der Waals surface area contributed by atoms with Crippen LogP contribution >= 0.6 is 0 Å². The van der Waals surface area contributed by atoms with Gasteiger partial charge in [0.2, 0.25) is 0 Å². The van der Waals surface area contributed by atoms with E-state index in [2.05, 4.69) is 20.5 Å². The van der Waals surface area contributed by atoms with Crippen molar-refractivity contribution in [1.82, 2.24) is 15.6 Å². The SMILES string of the molecule is CC1(c2ccc(F)c(F)c2)CC1NC(=O)NCC1CCN(c2ccncc2)CC1. The van der Waals surface area contributed by atoms with Gasteiger partial charge in [0, 0.05) is 49.2 Å². The first-order chi connectivity index (χ1) is 14.0. The van der Waals surface area contributed by atoms with Crippen molar-refractivity contribution in [3.05, 3.63) is 59.9 Å². The fraction of sp³-hybridized carbons (Fsp3) is 0.455. The zero-order valence-corrected chi connectivity index (χ0v) is 16.5. The van der Waals surface area contributed by atoms with Crippen LogP contribution in [0.2, 0.25) is 0 Å². The summed E-state index contributed by atoms with van der Waals surface area (Å²) in [5.41, 5.74) is 1.56. The fourth-order valence-electron chi connectivity index (χ4n) is 4.14. The Hall–Kier alpha value is -2.70. The lowest BCUT2D eigenvalue weighted by Crippen LogP contribution is -2.43. The largest absolute Gasteiger partial charge is 0.371 e. The second kappa shape index (κ2) is 7.97. The Morgan fingerprint density at radius 3 is 2.59 bits per heavy atom. The third-order valence-electron chi connectivity index (χ3n) is 6.32. The van der Waals surface area contributed by atoms with E-state index in [0.717, 1.165) is 38.4 Å². The van der Waals surface area contributed by atoms with Gasteiger partial charge in [0.25, 0.3) is 0 Å². The molecule has 7 heteroatoms. The summed E-state index contributed by atoms with van der Waals surface area (Å²) in [5, 5.41) is 5.94. The van der Waals surface area contributed by atoms with Crippen LogP contribution in [0.1, 0.15) is 31.7 Å². The van der Waals surface area contributed by atoms with Crippen LogP contribution < -0.4 is 15.5 Å². The Bertz CT molecular complexity index is 870. The van der Waals surface area contributed by atoms with Gasteiger partial charge in [-0.1, -0.05) is 13.0 Å². The smallest absolute Gasteiger partial charge is 0.315 e. The maximum Gasteiger partial charge on any atom is 0.315 e. The summed E-state index contributed by atoms with van der Waals surface area (Å²) in [6.45, 7) is 4.54. The number of halogens is 2. The Kier molecular flexibility index (Phi) is 5.39. The van der Waals surface area contributed by atoms with Crippen molar-refractivity contribution in [3.63, 3.8) is 0 Å². The van der Waals surface area contributed by atoms with Crippen molar-refractivity contribution in [3.8, 4) is 0 Å². The van der Waals surface area contributed by atoms with Crippen molar-refractivity contribution in [1.29, 1.82) is 0 Å². The molecule has 1 saturated carbocycles. The summed E-state index contributed by atoms with van der Waals surface area (Å²) >= 11 is 0. The van der Waals surface area contributed by atoms with Gasteiger partial charge in [0.15, 0.2) is 11.6 Å². The molecule has 1 saturated heterocycles. The number of hydrogen-bond acceptors (Lipinski definition) is 3. The predicted octanol–water partition coefficient (Wildman–Crippen LogP) is 3.61. The van der Waals surface area contributed by atoms with Gasteiger partial charge in [-0.05, 0) is 55.0 Å². The van der Waals surface area contributed by atoms with Gasteiger partial charge in [0.05, 0.1) is 0 Å². The van der Waals surface area contributed by atoms with Crippen LogP contribution in [0.4, 0.5) is 19.3 Å². The Morgan fingerprint density at radius 2 is 1.90 bits per heavy atom. The summed E-state index contributed by atoms with van der Waals surface area (Å²) in [6.07, 6.45) is 6.38. The molecule has 2 amide bonds. The first-order valence-electron chi connectivity index (χ1n) is 10.1. The van der Waals surface area contributed by atoms with Crippen molar-refractivity contribution >= 4 is 11.7 Å². The molecular weight excluding hydrogens is 374 g/mol. The quantitative estimate of drug-likeness (QED) is 0.806. The fourth-order valence-corrected chi connectivity index (χ4v) is 4.14. The number of hydrogen-bond donors (Lipinski definition) is 2. The maximum atomic E-state index is 13.5. The lowest BCUT2D eigenvalue weighted by atomic mass is 9.96. The summed E-state index contributed by atoms with van der Waals surface area (Å²) in [7, 11) is 0. The van der Waals surface area contributed by atoms with Crippen LogP contribution in [-0.4, -0.2) is 36.7 Å². The van der Waals surface area contributed by atoms with Crippen LogP contribution in [-0.2, 0) is 5.41 Å². The number of rotatable bonds is 5. The van der Waals surface area contributed by atoms with Gasteiger partial charge in [-0.15, -0.1) is 0 Å². The number of amides is 2. The van der Waals surface area contributed by atoms with Gasteiger partial charge in [-0.25, -0.2) is 13.6 Å². The summed E-state index contributed by atoms with van der Waals surface area (Å²) in [4.78, 5) is 18.7. The summed E-state index contributed by atoms with van der Waals surface area (Å²) in [6, 6.07) is 7.74. The van der Waals surface area contributed by atoms with Gasteiger partial charge in [-0.2, -0.15) is 0 Å². The highest BCUT2D eigenvalue weighted by molar-refractivity contribution is 5.75. The number of anilines is 1. The number of carbonyl (C=O) groups is 1. The van der Waals surface area contributed by atoms with Gasteiger partial charge >= 0.3 is 6.03 Å². The standard InChI is InChI=1S/C22H26F2N4O/c1-22(16-2-3-18(23)19(24)12-16)13-20(22)27-21(29)26-14-15-6-10-28(11-7-15)17-4-8-25-9-5-17/h2-5,8-9,12,15,20H,6-7,10-11,13-14H2,1H3,(H2,26,27,29). The summed E-state index contributed by atoms with van der Waals surface area (Å²) < 4.78 is 26.7. The molecular formula is C22H26F2N4O. The molecule has 29 heavy (non-hydrogen) atoms. The molecule has 4 rings (SSSR count). The monoisotopic (exact) mass is 400 g/mol. The number of piperidine rings is 1. The van der Waals surface area contributed by atoms with Gasteiger partial charge < -0.3 is 15.5 Å². The molecule has 0 radical (unpaired) electrons. The van der Waals surface area contributed by atoms with Gasteiger partial charge in [0.1, 0.15) is 0 Å². The van der Waals surface area contributed by atoms with Crippen LogP contribution in [0.25, 0.3) is 0 Å². The van der Waals surface area contributed by atoms with Crippen molar-refractivity contribution in [2.45, 2.75) is 37.6 Å². The Balaban J connectivity index is 1.21. The Morgan fingerprint density at radius 1 is 1.17 bits per heavy atom. The number of carbonyl (C=O) groups excluding carboxylic acids is 1. The highest BCUT2D eigenvalue weighted by Crippen LogP contribution is 2.48. The highest BCUT2D eigenvalue weighted by Gasteiger charge is 2.52. The molecule has 1 aromatic heterocycles. The second-order valence-corrected chi connectivity index (χ2v) is 8.29. The molecule has 1 aromatic carbocycles. The number of nitrogens with one attached hydrogen (secondary N) is 2. The van der Waals surface area contributed by atoms with E-state index in [0.29, 0.717) is 18.0 Å². The summed E-state index contributed by atoms with van der Waals surface area (Å²) in [5.74, 6) is -1.25. The third-order valence-corrected chi connectivity index (χ3v) is 6.32. The molecule has 1 aliphatic heterocycles. The first kappa shape index (κ1) is 19.6. The minimum atomic E-state index is -0.852. The predicted molar refractivity (Wildman–Crippen MR) is 108 cm³/mol. The van der Waals surface area contributed by atoms with Crippen LogP contribution in [0.15, 0.2) is 42.7 Å². The lowest BCUT2D eigenvalue weighted by molar-refractivity contribution is 0.236. The number of urea groups is 1. The topological polar surface area (TPSA) is 57.3 Å². The van der Waals surface area contributed by atoms with Crippen molar-refractivity contribution in [2.24, 2.45) is 5.92 Å². The lowest BCUT2D eigenvalue weighted by Gasteiger charge is -2.33. The number of aromatic nitrogens is 1. The number of pyridine rings is 1. The van der Waals surface area contributed by atoms with E-state index < -0.39 is 11.6 Å². The molecule has 2 aliphatic rings. The molecule has 154 valence electrons. The van der Waals surface area contributed by atoms with E-state index in [-0.39, 0.29) is 17.5 Å². The molecule has 1 aliphatic carbocycles. The maximum absolute atomic E-state index is 13.5. The zero-order chi connectivity index (χ0) is 20.4. The molecule has 5 nitrogen and oxygen atoms in total. The molecule has 0 bridgehead atoms. The normalized spacial score (nSPS) is 24.2. The number of benzene rings is 1. The van der Waals surface area contributed by atoms with E-state index in [4.69, 9.17) is 0 Å². The van der Waals surface area contributed by atoms with E-state index in [9.17, 15) is 13.6 Å². The van der Waals surface area contributed by atoms with E-state index in [1.54, 1.807) is 18.5 Å².